The Bertz CT molecular complexity index is 10100. The summed E-state index contributed by atoms with van der Waals surface area (Å²) in [4.78, 5) is 0. The number of hydrogen-bond donors (Lipinski definition) is 0. The molecular formula is C128H77N3O5S. The van der Waals surface area contributed by atoms with E-state index in [9.17, 15) is 0 Å². The van der Waals surface area contributed by atoms with Gasteiger partial charge in [0.25, 0.3) is 0 Å². The van der Waals surface area contributed by atoms with Gasteiger partial charge in [0, 0.05) is 92.1 Å². The van der Waals surface area contributed by atoms with Gasteiger partial charge in [0.1, 0.15) is 55.7 Å². The van der Waals surface area contributed by atoms with Crippen molar-refractivity contribution in [3.8, 4) is 95.0 Å². The average Bonchev–Trinajstić information content (AvgIpc) is 1.55. The van der Waals surface area contributed by atoms with Crippen LogP contribution in [-0.2, 0) is 0 Å². The zero-order valence-corrected chi connectivity index (χ0v) is 74.6. The number of para-hydroxylation sites is 7. The van der Waals surface area contributed by atoms with Gasteiger partial charge in [-0.3, -0.25) is 0 Å². The maximum Gasteiger partial charge on any atom is 0.161 e. The number of nitrogens with zero attached hydrogens (tertiary/aromatic N) is 3. The third-order valence-electron chi connectivity index (χ3n) is 27.8. The highest BCUT2D eigenvalue weighted by Gasteiger charge is 2.29. The normalized spacial score (nSPS) is 11.9. The van der Waals surface area contributed by atoms with E-state index in [-0.39, 0.29) is 0 Å². The molecule has 0 unspecified atom stereocenters. The molecule has 137 heavy (non-hydrogen) atoms. The number of furan rings is 5. The summed E-state index contributed by atoms with van der Waals surface area (Å²) in [6, 6.07) is 166. The van der Waals surface area contributed by atoms with Crippen molar-refractivity contribution in [2.75, 3.05) is 0 Å². The van der Waals surface area contributed by atoms with E-state index in [2.05, 4.69) is 475 Å². The van der Waals surface area contributed by atoms with Crippen molar-refractivity contribution in [2.24, 2.45) is 0 Å². The van der Waals surface area contributed by atoms with Crippen LogP contribution in [0.1, 0.15) is 0 Å². The van der Waals surface area contributed by atoms with Gasteiger partial charge in [0.2, 0.25) is 0 Å². The summed E-state index contributed by atoms with van der Waals surface area (Å²) < 4.78 is 42.8. The van der Waals surface area contributed by atoms with Gasteiger partial charge in [-0.15, -0.1) is 11.3 Å². The number of benzene rings is 21. The van der Waals surface area contributed by atoms with Crippen LogP contribution in [0.2, 0.25) is 0 Å². The van der Waals surface area contributed by atoms with Crippen molar-refractivity contribution in [3.63, 3.8) is 0 Å². The second-order valence-electron chi connectivity index (χ2n) is 35.4. The van der Waals surface area contributed by atoms with Crippen molar-refractivity contribution in [3.05, 3.63) is 467 Å². The van der Waals surface area contributed by atoms with Gasteiger partial charge in [-0.2, -0.15) is 0 Å². The second kappa shape index (κ2) is 31.3. The van der Waals surface area contributed by atoms with Crippen LogP contribution in [0.5, 0.6) is 0 Å². The molecule has 30 aromatic rings. The molecule has 640 valence electrons. The minimum absolute atomic E-state index is 0.872. The molecule has 0 spiro atoms. The van der Waals surface area contributed by atoms with Crippen molar-refractivity contribution in [1.82, 2.24) is 13.7 Å². The molecular weight excluding hydrogens is 1690 g/mol. The highest BCUT2D eigenvalue weighted by molar-refractivity contribution is 7.27. The molecule has 0 saturated carbocycles. The Morgan fingerprint density at radius 1 is 0.161 bits per heavy atom. The summed E-state index contributed by atoms with van der Waals surface area (Å²) in [7, 11) is 0. The summed E-state index contributed by atoms with van der Waals surface area (Å²) >= 11 is 1.90. The highest BCUT2D eigenvalue weighted by atomic mass is 32.1. The Kier molecular flexibility index (Phi) is 17.8. The first kappa shape index (κ1) is 77.7. The van der Waals surface area contributed by atoms with Gasteiger partial charge < -0.3 is 35.8 Å². The zero-order chi connectivity index (χ0) is 89.9. The molecule has 0 amide bonds. The number of aromatic nitrogens is 3. The largest absolute Gasteiger partial charge is 0.456 e. The van der Waals surface area contributed by atoms with Crippen LogP contribution in [0.25, 0.3) is 279 Å². The fraction of sp³-hybridized carbons (Fsp3) is 0. The van der Waals surface area contributed by atoms with Gasteiger partial charge in [-0.1, -0.05) is 346 Å². The van der Waals surface area contributed by atoms with Crippen LogP contribution in [0.15, 0.2) is 489 Å². The standard InChI is InChI=1S/C44H27NO2.C42H25NO2.C42H25NOS/c1-3-14-28(15-4-1)30-21-11-24-36-40-33(22-12-26-38(40)46-43(30)36)31-18-7-8-19-32(31)34-23-13-27-39-41(34)42-44(47-39)35-20-9-10-25-37(35)45(42)29-16-5-2-6-17-29;1-2-13-27(14-3-1)43-35-21-9-8-18-33(35)42-40(43)39-32(20-11-23-37(39)45-42)30-17-7-6-16-29(30)31-19-10-22-36-38(31)34-25-24-26-12-4-5-15-28(26)41(34)44-36;1-2-13-29(14-3-1)43-37-20-9-8-17-34(37)42-40(43)35-19-10-18-33(41(35)45-42)31-16-7-6-15-30(31)28-21-22-32-36-23-26-11-4-5-12-27(26)24-39(36)44-38(32)25-28/h1-27H;2*1-25H. The molecule has 21 aromatic carbocycles. The van der Waals surface area contributed by atoms with Crippen LogP contribution in [0, 0.1) is 0 Å². The fourth-order valence-electron chi connectivity index (χ4n) is 21.9. The molecule has 0 radical (unpaired) electrons. The quantitative estimate of drug-likeness (QED) is 0.136. The molecule has 0 aliphatic rings. The van der Waals surface area contributed by atoms with Crippen molar-refractivity contribution < 1.29 is 22.1 Å². The average molecular weight is 1770 g/mol. The topological polar surface area (TPSA) is 80.5 Å². The lowest BCUT2D eigenvalue weighted by molar-refractivity contribution is 0.669. The second-order valence-corrected chi connectivity index (χ2v) is 36.4. The molecule has 0 atom stereocenters. The van der Waals surface area contributed by atoms with E-state index >= 15 is 0 Å². The van der Waals surface area contributed by atoms with Gasteiger partial charge in [0.05, 0.1) is 37.5 Å². The van der Waals surface area contributed by atoms with Gasteiger partial charge in [0.15, 0.2) is 11.2 Å². The Morgan fingerprint density at radius 2 is 0.518 bits per heavy atom. The smallest absolute Gasteiger partial charge is 0.161 e. The Labute approximate surface area is 788 Å². The lowest BCUT2D eigenvalue weighted by Gasteiger charge is -2.13. The van der Waals surface area contributed by atoms with Crippen LogP contribution < -0.4 is 0 Å². The molecule has 8 nitrogen and oxygen atoms in total. The maximum absolute atomic E-state index is 6.71. The Balaban J connectivity index is 0.000000102. The first-order valence-corrected chi connectivity index (χ1v) is 47.3. The minimum Gasteiger partial charge on any atom is -0.456 e. The SMILES string of the molecule is c1ccc(-c2cccc3c2oc2cccc(-c4ccccc4-c4cccc5oc6c7ccccc7n(-c7ccccc7)c6c45)c23)cc1.c1ccc(-n2c3ccccc3c3oc4cccc(-c5ccccc5-c5cccc6oc7c8ccccc8ccc7c56)c4c32)cc1.c1ccc(-n2c3ccccc3c3sc4c(-c5ccccc5-c5ccc6c(c5)oc5cc7ccccc7cc56)cccc4c32)cc1. The summed E-state index contributed by atoms with van der Waals surface area (Å²) in [5, 5.41) is 18.5. The van der Waals surface area contributed by atoms with Crippen LogP contribution in [-0.4, -0.2) is 13.7 Å². The van der Waals surface area contributed by atoms with Crippen molar-refractivity contribution in [1.29, 1.82) is 0 Å². The van der Waals surface area contributed by atoms with Crippen LogP contribution >= 0.6 is 11.3 Å². The van der Waals surface area contributed by atoms with E-state index < -0.39 is 0 Å². The Morgan fingerprint density at radius 3 is 1.07 bits per heavy atom. The first-order chi connectivity index (χ1) is 68.0. The Hall–Kier alpha value is -18.0. The van der Waals surface area contributed by atoms with E-state index in [1.165, 1.54) is 69.7 Å². The van der Waals surface area contributed by atoms with Gasteiger partial charge >= 0.3 is 0 Å². The third-order valence-corrected chi connectivity index (χ3v) is 29.1. The minimum atomic E-state index is 0.872. The summed E-state index contributed by atoms with van der Waals surface area (Å²) in [6.45, 7) is 0. The lowest BCUT2D eigenvalue weighted by Crippen LogP contribution is -1.94. The monoisotopic (exact) mass is 1770 g/mol. The van der Waals surface area contributed by atoms with Crippen LogP contribution in [0.3, 0.4) is 0 Å². The molecule has 0 saturated heterocycles. The third kappa shape index (κ3) is 12.2. The molecule has 30 rings (SSSR count). The molecule has 0 aliphatic carbocycles. The van der Waals surface area contributed by atoms with E-state index in [4.69, 9.17) is 22.1 Å². The van der Waals surface area contributed by atoms with Gasteiger partial charge in [-0.05, 0) is 204 Å². The molecule has 9 aromatic heterocycles. The lowest BCUT2D eigenvalue weighted by atomic mass is 9.90. The summed E-state index contributed by atoms with van der Waals surface area (Å²) in [5.74, 6) is 0. The molecule has 0 fully saturated rings. The van der Waals surface area contributed by atoms with E-state index in [1.54, 1.807) is 0 Å². The molecule has 0 aliphatic heterocycles. The van der Waals surface area contributed by atoms with Crippen molar-refractivity contribution >= 4 is 196 Å². The summed E-state index contributed by atoms with van der Waals surface area (Å²) in [6.07, 6.45) is 0. The predicted octanol–water partition coefficient (Wildman–Crippen LogP) is 36.7. The fourth-order valence-corrected chi connectivity index (χ4v) is 23.3. The molecule has 9 heteroatoms. The van der Waals surface area contributed by atoms with E-state index in [0.29, 0.717) is 0 Å². The summed E-state index contributed by atoms with van der Waals surface area (Å²) in [5.41, 5.74) is 35.6. The highest BCUT2D eigenvalue weighted by Crippen LogP contribution is 2.53. The number of fused-ring (bicyclic) bond motifs is 27. The van der Waals surface area contributed by atoms with Gasteiger partial charge in [-0.25, -0.2) is 0 Å². The zero-order valence-electron chi connectivity index (χ0n) is 73.7. The molecule has 0 N–H and O–H groups in total. The molecule has 0 bridgehead atoms. The van der Waals surface area contributed by atoms with Crippen molar-refractivity contribution in [2.45, 2.75) is 0 Å². The van der Waals surface area contributed by atoms with E-state index in [1.807, 2.05) is 17.4 Å². The van der Waals surface area contributed by atoms with Crippen LogP contribution in [0.4, 0.5) is 0 Å². The predicted molar refractivity (Wildman–Crippen MR) is 572 cm³/mol. The number of thiophene rings is 1. The molecule has 9 heterocycles. The number of rotatable bonds is 10. The first-order valence-electron chi connectivity index (χ1n) is 46.5. The van der Waals surface area contributed by atoms with E-state index in [0.717, 1.165) is 210 Å². The maximum atomic E-state index is 6.71. The number of hydrogen-bond acceptors (Lipinski definition) is 6.